The SMILES string of the molecule is Cc1cc(C(=O)NCc2nnc3n2CCN(Cc2cccc(-c4ccccc4C)c2)CC3)c(C)o1. The lowest BCUT2D eigenvalue weighted by atomic mass is 9.99. The first-order valence-corrected chi connectivity index (χ1v) is 12.1. The number of aryl methyl sites for hydroxylation is 3. The van der Waals surface area contributed by atoms with Crippen molar-refractivity contribution in [3.05, 3.63) is 94.5 Å². The first-order chi connectivity index (χ1) is 17.0. The zero-order chi connectivity index (χ0) is 24.4. The fourth-order valence-corrected chi connectivity index (χ4v) is 4.82. The highest BCUT2D eigenvalue weighted by Gasteiger charge is 2.20. The number of furan rings is 1. The molecular weight excluding hydrogens is 438 g/mol. The lowest BCUT2D eigenvalue weighted by molar-refractivity contribution is 0.0948. The van der Waals surface area contributed by atoms with E-state index in [0.29, 0.717) is 17.9 Å². The summed E-state index contributed by atoms with van der Waals surface area (Å²) in [6.45, 7) is 9.66. The first-order valence-electron chi connectivity index (χ1n) is 12.1. The van der Waals surface area contributed by atoms with Gasteiger partial charge < -0.3 is 14.3 Å². The van der Waals surface area contributed by atoms with Gasteiger partial charge in [0.2, 0.25) is 0 Å². The monoisotopic (exact) mass is 469 g/mol. The van der Waals surface area contributed by atoms with Crippen LogP contribution in [-0.4, -0.2) is 38.7 Å². The minimum absolute atomic E-state index is 0.152. The van der Waals surface area contributed by atoms with E-state index in [9.17, 15) is 4.79 Å². The van der Waals surface area contributed by atoms with Crippen LogP contribution in [-0.2, 0) is 26.1 Å². The van der Waals surface area contributed by atoms with Crippen molar-refractivity contribution >= 4 is 5.91 Å². The minimum atomic E-state index is -0.152. The third-order valence-corrected chi connectivity index (χ3v) is 6.68. The molecule has 1 aliphatic rings. The summed E-state index contributed by atoms with van der Waals surface area (Å²) in [6, 6.07) is 19.1. The predicted octanol–water partition coefficient (Wildman–Crippen LogP) is 4.45. The molecule has 5 rings (SSSR count). The average molecular weight is 470 g/mol. The normalized spacial score (nSPS) is 13.9. The zero-order valence-corrected chi connectivity index (χ0v) is 20.5. The Morgan fingerprint density at radius 3 is 2.66 bits per heavy atom. The molecule has 2 aromatic heterocycles. The molecule has 0 atom stereocenters. The topological polar surface area (TPSA) is 76.2 Å². The van der Waals surface area contributed by atoms with E-state index in [4.69, 9.17) is 4.42 Å². The predicted molar refractivity (Wildman–Crippen MR) is 135 cm³/mol. The molecule has 0 radical (unpaired) electrons. The Hall–Kier alpha value is -3.71. The second-order valence-corrected chi connectivity index (χ2v) is 9.24. The third kappa shape index (κ3) is 5.05. The third-order valence-electron chi connectivity index (χ3n) is 6.68. The molecule has 1 amide bonds. The van der Waals surface area contributed by atoms with Crippen LogP contribution in [0.4, 0.5) is 0 Å². The summed E-state index contributed by atoms with van der Waals surface area (Å²) in [4.78, 5) is 15.0. The molecule has 7 nitrogen and oxygen atoms in total. The van der Waals surface area contributed by atoms with E-state index in [1.165, 1.54) is 22.3 Å². The van der Waals surface area contributed by atoms with Gasteiger partial charge in [-0.25, -0.2) is 0 Å². The van der Waals surface area contributed by atoms with Crippen molar-refractivity contribution < 1.29 is 9.21 Å². The number of hydrogen-bond donors (Lipinski definition) is 1. The highest BCUT2D eigenvalue weighted by molar-refractivity contribution is 5.95. The first kappa shape index (κ1) is 23.1. The fourth-order valence-electron chi connectivity index (χ4n) is 4.82. The van der Waals surface area contributed by atoms with Crippen LogP contribution in [0.15, 0.2) is 59.0 Å². The molecule has 0 saturated carbocycles. The number of nitrogens with zero attached hydrogens (tertiary/aromatic N) is 4. The van der Waals surface area contributed by atoms with E-state index in [1.54, 1.807) is 13.0 Å². The van der Waals surface area contributed by atoms with Crippen LogP contribution in [0.2, 0.25) is 0 Å². The van der Waals surface area contributed by atoms with Crippen molar-refractivity contribution in [2.75, 3.05) is 13.1 Å². The molecular formula is C28H31N5O2. The average Bonchev–Trinajstić information content (AvgIpc) is 3.34. The molecule has 3 heterocycles. The van der Waals surface area contributed by atoms with Gasteiger partial charge in [0.15, 0.2) is 5.82 Å². The van der Waals surface area contributed by atoms with Gasteiger partial charge in [-0.2, -0.15) is 0 Å². The molecule has 0 unspecified atom stereocenters. The number of hydrogen-bond acceptors (Lipinski definition) is 5. The van der Waals surface area contributed by atoms with Crippen LogP contribution in [0.1, 0.15) is 44.7 Å². The Morgan fingerprint density at radius 2 is 1.86 bits per heavy atom. The Kier molecular flexibility index (Phi) is 6.51. The maximum Gasteiger partial charge on any atom is 0.255 e. The maximum absolute atomic E-state index is 12.6. The maximum atomic E-state index is 12.6. The number of fused-ring (bicyclic) bond motifs is 1. The molecule has 0 spiro atoms. The molecule has 1 N–H and O–H groups in total. The van der Waals surface area contributed by atoms with E-state index in [0.717, 1.165) is 50.0 Å². The van der Waals surface area contributed by atoms with Crippen molar-refractivity contribution in [3.63, 3.8) is 0 Å². The van der Waals surface area contributed by atoms with Crippen LogP contribution in [0, 0.1) is 20.8 Å². The highest BCUT2D eigenvalue weighted by atomic mass is 16.3. The fraction of sp³-hybridized carbons (Fsp3) is 0.321. The van der Waals surface area contributed by atoms with Gasteiger partial charge in [-0.05, 0) is 55.2 Å². The molecule has 35 heavy (non-hydrogen) atoms. The zero-order valence-electron chi connectivity index (χ0n) is 20.5. The molecule has 0 saturated heterocycles. The number of aromatic nitrogens is 3. The van der Waals surface area contributed by atoms with E-state index in [1.807, 2.05) is 6.92 Å². The number of carbonyl (C=O) groups excluding carboxylic acids is 1. The summed E-state index contributed by atoms with van der Waals surface area (Å²) in [5, 5.41) is 11.7. The summed E-state index contributed by atoms with van der Waals surface area (Å²) in [7, 11) is 0. The number of carbonyl (C=O) groups is 1. The number of benzene rings is 2. The summed E-state index contributed by atoms with van der Waals surface area (Å²) >= 11 is 0. The summed E-state index contributed by atoms with van der Waals surface area (Å²) < 4.78 is 7.63. The van der Waals surface area contributed by atoms with Crippen molar-refractivity contribution in [1.82, 2.24) is 25.0 Å². The van der Waals surface area contributed by atoms with Gasteiger partial charge in [-0.1, -0.05) is 42.5 Å². The van der Waals surface area contributed by atoms with Gasteiger partial charge in [0, 0.05) is 32.6 Å². The van der Waals surface area contributed by atoms with Gasteiger partial charge in [0.25, 0.3) is 5.91 Å². The Balaban J connectivity index is 1.22. The van der Waals surface area contributed by atoms with Crippen molar-refractivity contribution in [3.8, 4) is 11.1 Å². The van der Waals surface area contributed by atoms with Crippen molar-refractivity contribution in [1.29, 1.82) is 0 Å². The Labute approximate surface area is 205 Å². The second-order valence-electron chi connectivity index (χ2n) is 9.24. The van der Waals surface area contributed by atoms with Crippen LogP contribution < -0.4 is 5.32 Å². The van der Waals surface area contributed by atoms with Gasteiger partial charge in [0.05, 0.1) is 12.1 Å². The van der Waals surface area contributed by atoms with Crippen LogP contribution in [0.5, 0.6) is 0 Å². The number of nitrogens with one attached hydrogen (secondary N) is 1. The van der Waals surface area contributed by atoms with Gasteiger partial charge >= 0.3 is 0 Å². The Morgan fingerprint density at radius 1 is 1.00 bits per heavy atom. The highest BCUT2D eigenvalue weighted by Crippen LogP contribution is 2.24. The summed E-state index contributed by atoms with van der Waals surface area (Å²) in [6.07, 6.45) is 0.832. The lowest BCUT2D eigenvalue weighted by Gasteiger charge is -2.20. The summed E-state index contributed by atoms with van der Waals surface area (Å²) in [5.74, 6) is 2.96. The van der Waals surface area contributed by atoms with E-state index in [2.05, 4.69) is 80.4 Å². The number of amides is 1. The molecule has 7 heteroatoms. The minimum Gasteiger partial charge on any atom is -0.466 e. The molecule has 1 aliphatic heterocycles. The largest absolute Gasteiger partial charge is 0.466 e. The smallest absolute Gasteiger partial charge is 0.255 e. The van der Waals surface area contributed by atoms with E-state index >= 15 is 0 Å². The second kappa shape index (κ2) is 9.88. The summed E-state index contributed by atoms with van der Waals surface area (Å²) in [5.41, 5.74) is 5.70. The lowest BCUT2D eigenvalue weighted by Crippen LogP contribution is -2.28. The van der Waals surface area contributed by atoms with Gasteiger partial charge in [0.1, 0.15) is 17.3 Å². The van der Waals surface area contributed by atoms with Gasteiger partial charge in [-0.15, -0.1) is 10.2 Å². The molecule has 0 bridgehead atoms. The molecule has 180 valence electrons. The quantitative estimate of drug-likeness (QED) is 0.451. The standard InChI is InChI=1S/C28H31N5O2/c1-19-7-4-5-10-24(19)23-9-6-8-22(16-23)18-32-12-11-26-30-31-27(33(26)14-13-32)17-29-28(34)25-15-20(2)35-21(25)3/h4-10,15-16H,11-14,17-18H2,1-3H3,(H,29,34). The van der Waals surface area contributed by atoms with Crippen molar-refractivity contribution in [2.24, 2.45) is 0 Å². The van der Waals surface area contributed by atoms with Crippen molar-refractivity contribution in [2.45, 2.75) is 46.8 Å². The van der Waals surface area contributed by atoms with Gasteiger partial charge in [-0.3, -0.25) is 9.69 Å². The number of rotatable bonds is 6. The molecule has 0 aliphatic carbocycles. The Bertz CT molecular complexity index is 1350. The van der Waals surface area contributed by atoms with E-state index < -0.39 is 0 Å². The van der Waals surface area contributed by atoms with Crippen LogP contribution >= 0.6 is 0 Å². The molecule has 4 aromatic rings. The van der Waals surface area contributed by atoms with E-state index in [-0.39, 0.29) is 5.91 Å². The molecule has 2 aromatic carbocycles. The van der Waals surface area contributed by atoms with Crippen LogP contribution in [0.25, 0.3) is 11.1 Å². The van der Waals surface area contributed by atoms with Crippen LogP contribution in [0.3, 0.4) is 0 Å². The molecule has 0 fully saturated rings.